The van der Waals surface area contributed by atoms with Gasteiger partial charge < -0.3 is 0 Å². The minimum absolute atomic E-state index is 0.0862. The summed E-state index contributed by atoms with van der Waals surface area (Å²) in [6, 6.07) is 1.74. The molecule has 18 heavy (non-hydrogen) atoms. The van der Waals surface area contributed by atoms with Gasteiger partial charge in [-0.2, -0.15) is 0 Å². The van der Waals surface area contributed by atoms with Gasteiger partial charge in [-0.1, -0.05) is 11.6 Å². The van der Waals surface area contributed by atoms with Gasteiger partial charge in [-0.3, -0.25) is 4.79 Å². The Balaban J connectivity index is 2.49. The number of hydrogen-bond acceptors (Lipinski definition) is 3. The lowest BCUT2D eigenvalue weighted by Gasteiger charge is -2.09. The van der Waals surface area contributed by atoms with E-state index in [2.05, 4.69) is 4.72 Å². The first-order chi connectivity index (χ1) is 8.31. The van der Waals surface area contributed by atoms with Gasteiger partial charge in [0.25, 0.3) is 0 Å². The molecule has 7 heteroatoms. The number of hydrogen-bond donors (Lipinski definition) is 1. The quantitative estimate of drug-likeness (QED) is 0.864. The molecular formula is C11H11ClFNO3S. The minimum Gasteiger partial charge on any atom is -0.294 e. The third kappa shape index (κ3) is 2.71. The molecule has 0 unspecified atom stereocenters. The Labute approximate surface area is 109 Å². The van der Waals surface area contributed by atoms with Crippen LogP contribution in [-0.4, -0.2) is 20.2 Å². The lowest BCUT2D eigenvalue weighted by molar-refractivity contribution is 0.101. The van der Waals surface area contributed by atoms with Gasteiger partial charge in [-0.15, -0.1) is 0 Å². The van der Waals surface area contributed by atoms with Crippen LogP contribution in [0.2, 0.25) is 5.02 Å². The maximum Gasteiger partial charge on any atom is 0.242 e. The largest absolute Gasteiger partial charge is 0.294 e. The van der Waals surface area contributed by atoms with Crippen molar-refractivity contribution in [1.29, 1.82) is 0 Å². The van der Waals surface area contributed by atoms with Crippen LogP contribution in [0.5, 0.6) is 0 Å². The van der Waals surface area contributed by atoms with E-state index in [1.165, 1.54) is 0 Å². The normalized spacial score (nSPS) is 15.7. The van der Waals surface area contributed by atoms with Crippen LogP contribution < -0.4 is 4.72 Å². The molecule has 0 aliphatic heterocycles. The molecule has 1 aliphatic carbocycles. The Morgan fingerprint density at radius 2 is 2.06 bits per heavy atom. The molecular weight excluding hydrogens is 281 g/mol. The first-order valence-corrected chi connectivity index (χ1v) is 7.19. The summed E-state index contributed by atoms with van der Waals surface area (Å²) < 4.78 is 39.8. The number of rotatable bonds is 4. The molecule has 0 aromatic heterocycles. The van der Waals surface area contributed by atoms with Crippen LogP contribution >= 0.6 is 11.6 Å². The Kier molecular flexibility index (Phi) is 3.44. The number of ketones is 1. The van der Waals surface area contributed by atoms with E-state index in [1.54, 1.807) is 0 Å². The first-order valence-electron chi connectivity index (χ1n) is 5.33. The maximum absolute atomic E-state index is 13.4. The zero-order valence-corrected chi connectivity index (χ0v) is 11.1. The van der Waals surface area contributed by atoms with Gasteiger partial charge in [0, 0.05) is 6.04 Å². The highest BCUT2D eigenvalue weighted by Gasteiger charge is 2.30. The maximum atomic E-state index is 13.4. The van der Waals surface area contributed by atoms with Gasteiger partial charge in [0.05, 0.1) is 10.6 Å². The zero-order valence-electron chi connectivity index (χ0n) is 9.54. The predicted molar refractivity (Wildman–Crippen MR) is 64.8 cm³/mol. The van der Waals surface area contributed by atoms with Crippen molar-refractivity contribution in [1.82, 2.24) is 4.72 Å². The predicted octanol–water partition coefficient (Wildman–Crippen LogP) is 2.12. The van der Waals surface area contributed by atoms with Crippen molar-refractivity contribution in [2.24, 2.45) is 0 Å². The molecule has 1 fully saturated rings. The van der Waals surface area contributed by atoms with E-state index < -0.39 is 21.6 Å². The van der Waals surface area contributed by atoms with Crippen molar-refractivity contribution >= 4 is 27.4 Å². The number of halogens is 2. The molecule has 4 nitrogen and oxygen atoms in total. The molecule has 1 saturated carbocycles. The second-order valence-corrected chi connectivity index (χ2v) is 6.30. The summed E-state index contributed by atoms with van der Waals surface area (Å²) in [5, 5.41) is -0.231. The van der Waals surface area contributed by atoms with Gasteiger partial charge in [0.2, 0.25) is 10.0 Å². The summed E-state index contributed by atoms with van der Waals surface area (Å²) >= 11 is 5.72. The number of carbonyl (C=O) groups excluding carboxylic acids is 1. The van der Waals surface area contributed by atoms with Crippen LogP contribution in [0, 0.1) is 5.82 Å². The average Bonchev–Trinajstić information content (AvgIpc) is 2.99. The molecule has 1 aromatic rings. The SMILES string of the molecule is CC(=O)c1cc(S(=O)(=O)NC2CC2)c(Cl)cc1F. The molecule has 0 atom stereocenters. The van der Waals surface area contributed by atoms with E-state index in [0.29, 0.717) is 0 Å². The van der Waals surface area contributed by atoms with E-state index >= 15 is 0 Å². The van der Waals surface area contributed by atoms with E-state index in [0.717, 1.165) is 31.9 Å². The molecule has 0 amide bonds. The highest BCUT2D eigenvalue weighted by Crippen LogP contribution is 2.28. The third-order valence-corrected chi connectivity index (χ3v) is 4.57. The van der Waals surface area contributed by atoms with Crippen LogP contribution in [0.4, 0.5) is 4.39 Å². The number of Topliss-reactive ketones (excluding diaryl/α,β-unsaturated/α-hetero) is 1. The molecule has 0 radical (unpaired) electrons. The van der Waals surface area contributed by atoms with E-state index in [4.69, 9.17) is 11.6 Å². The second kappa shape index (κ2) is 4.60. The van der Waals surface area contributed by atoms with Crippen LogP contribution in [0.15, 0.2) is 17.0 Å². The van der Waals surface area contributed by atoms with Gasteiger partial charge in [0.15, 0.2) is 5.78 Å². The van der Waals surface area contributed by atoms with Crippen molar-refractivity contribution in [2.75, 3.05) is 0 Å². The number of nitrogens with one attached hydrogen (secondary N) is 1. The fourth-order valence-electron chi connectivity index (χ4n) is 1.49. The summed E-state index contributed by atoms with van der Waals surface area (Å²) in [6.07, 6.45) is 1.55. The van der Waals surface area contributed by atoms with Gasteiger partial charge in [0.1, 0.15) is 10.7 Å². The van der Waals surface area contributed by atoms with Crippen molar-refractivity contribution in [3.05, 3.63) is 28.5 Å². The minimum atomic E-state index is -3.80. The van der Waals surface area contributed by atoms with Crippen LogP contribution in [0.3, 0.4) is 0 Å². The molecule has 98 valence electrons. The van der Waals surface area contributed by atoms with E-state index in [1.807, 2.05) is 0 Å². The van der Waals surface area contributed by atoms with Crippen molar-refractivity contribution in [2.45, 2.75) is 30.7 Å². The summed E-state index contributed by atoms with van der Waals surface area (Å²) in [6.45, 7) is 1.16. The average molecular weight is 292 g/mol. The summed E-state index contributed by atoms with van der Waals surface area (Å²) in [5.74, 6) is -1.37. The fraction of sp³-hybridized carbons (Fsp3) is 0.364. The van der Waals surface area contributed by atoms with Crippen LogP contribution in [-0.2, 0) is 10.0 Å². The Morgan fingerprint density at radius 1 is 1.44 bits per heavy atom. The zero-order chi connectivity index (χ0) is 13.5. The lowest BCUT2D eigenvalue weighted by atomic mass is 10.1. The van der Waals surface area contributed by atoms with Crippen molar-refractivity contribution in [3.63, 3.8) is 0 Å². The second-order valence-electron chi connectivity index (χ2n) is 4.21. The van der Waals surface area contributed by atoms with Crippen LogP contribution in [0.1, 0.15) is 30.1 Å². The molecule has 0 heterocycles. The molecule has 1 aliphatic rings. The first kappa shape index (κ1) is 13.5. The summed E-state index contributed by atoms with van der Waals surface area (Å²) in [4.78, 5) is 10.9. The standard InChI is InChI=1S/C11H11ClFNO3S/c1-6(15)8-4-11(9(12)5-10(8)13)18(16,17)14-7-2-3-7/h4-5,7,14H,2-3H2,1H3. The van der Waals surface area contributed by atoms with Gasteiger partial charge in [-0.05, 0) is 31.9 Å². The summed E-state index contributed by atoms with van der Waals surface area (Å²) in [5.41, 5.74) is -0.282. The molecule has 0 bridgehead atoms. The molecule has 1 aromatic carbocycles. The number of carbonyl (C=O) groups is 1. The van der Waals surface area contributed by atoms with E-state index in [-0.39, 0.29) is 21.5 Å². The van der Waals surface area contributed by atoms with Crippen LogP contribution in [0.25, 0.3) is 0 Å². The van der Waals surface area contributed by atoms with Gasteiger partial charge >= 0.3 is 0 Å². The Bertz CT molecular complexity index is 611. The Hall–Kier alpha value is -0.980. The highest BCUT2D eigenvalue weighted by molar-refractivity contribution is 7.89. The number of benzene rings is 1. The fourth-order valence-corrected chi connectivity index (χ4v) is 3.33. The lowest BCUT2D eigenvalue weighted by Crippen LogP contribution is -2.26. The third-order valence-electron chi connectivity index (χ3n) is 2.59. The van der Waals surface area contributed by atoms with E-state index in [9.17, 15) is 17.6 Å². The Morgan fingerprint density at radius 3 is 2.56 bits per heavy atom. The molecule has 2 rings (SSSR count). The monoisotopic (exact) mass is 291 g/mol. The topological polar surface area (TPSA) is 63.2 Å². The summed E-state index contributed by atoms with van der Waals surface area (Å²) in [7, 11) is -3.80. The number of sulfonamides is 1. The van der Waals surface area contributed by atoms with Crippen molar-refractivity contribution in [3.8, 4) is 0 Å². The molecule has 0 saturated heterocycles. The van der Waals surface area contributed by atoms with Gasteiger partial charge in [-0.25, -0.2) is 17.5 Å². The van der Waals surface area contributed by atoms with Crippen molar-refractivity contribution < 1.29 is 17.6 Å². The molecule has 1 N–H and O–H groups in total. The highest BCUT2D eigenvalue weighted by atomic mass is 35.5. The molecule has 0 spiro atoms. The smallest absolute Gasteiger partial charge is 0.242 e.